The Kier molecular flexibility index (Phi) is 4.53. The first-order valence-corrected chi connectivity index (χ1v) is 9.78. The van der Waals surface area contributed by atoms with Gasteiger partial charge >= 0.3 is 0 Å². The molecule has 132 valence electrons. The topological polar surface area (TPSA) is 67.8 Å². The van der Waals surface area contributed by atoms with E-state index in [2.05, 4.69) is 27.6 Å². The van der Waals surface area contributed by atoms with Crippen LogP contribution in [0.25, 0.3) is 6.08 Å². The van der Waals surface area contributed by atoms with E-state index in [0.717, 1.165) is 9.45 Å². The summed E-state index contributed by atoms with van der Waals surface area (Å²) in [6, 6.07) is 11.1. The van der Waals surface area contributed by atoms with Crippen LogP contribution in [-0.2, 0) is 6.67 Å². The van der Waals surface area contributed by atoms with Crippen LogP contribution in [0.5, 0.6) is 0 Å². The number of thiazole rings is 1. The van der Waals surface area contributed by atoms with Gasteiger partial charge in [0.25, 0.3) is 5.56 Å². The van der Waals surface area contributed by atoms with Crippen LogP contribution in [0.15, 0.2) is 50.6 Å². The van der Waals surface area contributed by atoms with E-state index in [0.29, 0.717) is 34.0 Å². The minimum Gasteiger partial charge on any atom is -0.451 e. The smallest absolute Gasteiger partial charge is 0.271 e. The molecule has 26 heavy (non-hydrogen) atoms. The van der Waals surface area contributed by atoms with E-state index in [1.165, 1.54) is 11.3 Å². The number of halogens is 1. The molecule has 0 radical (unpaired) electrons. The second-order valence-corrected chi connectivity index (χ2v) is 7.93. The third-order valence-electron chi connectivity index (χ3n) is 4.06. The van der Waals surface area contributed by atoms with Crippen LogP contribution in [0, 0.1) is 3.77 Å². The van der Waals surface area contributed by atoms with Crippen LogP contribution in [0.4, 0.5) is 5.69 Å². The summed E-state index contributed by atoms with van der Waals surface area (Å²) in [5.41, 5.74) is 1.43. The predicted molar refractivity (Wildman–Crippen MR) is 108 cm³/mol. The summed E-state index contributed by atoms with van der Waals surface area (Å²) in [4.78, 5) is 31.5. The number of hydrogen-bond donors (Lipinski definition) is 0. The monoisotopic (exact) mass is 479 g/mol. The predicted octanol–water partition coefficient (Wildman–Crippen LogP) is 2.19. The van der Waals surface area contributed by atoms with E-state index in [9.17, 15) is 9.59 Å². The summed E-state index contributed by atoms with van der Waals surface area (Å²) in [6.07, 6.45) is 1.75. The van der Waals surface area contributed by atoms with Crippen LogP contribution in [0.3, 0.4) is 0 Å². The lowest BCUT2D eigenvalue weighted by atomic mass is 10.1. The minimum atomic E-state index is -0.0902. The third-order valence-corrected chi connectivity index (χ3v) is 5.69. The van der Waals surface area contributed by atoms with Crippen LogP contribution in [-0.4, -0.2) is 17.0 Å². The summed E-state index contributed by atoms with van der Waals surface area (Å²) < 4.78 is 8.53. The molecule has 2 aromatic heterocycles. The summed E-state index contributed by atoms with van der Waals surface area (Å²) in [6.45, 7) is 2.39. The molecule has 0 amide bonds. The number of rotatable bonds is 3. The highest BCUT2D eigenvalue weighted by molar-refractivity contribution is 14.1. The Labute approximate surface area is 166 Å². The average Bonchev–Trinajstić information content (AvgIpc) is 3.18. The molecule has 8 heteroatoms. The zero-order valence-corrected chi connectivity index (χ0v) is 16.8. The van der Waals surface area contributed by atoms with Crippen molar-refractivity contribution in [3.8, 4) is 0 Å². The summed E-state index contributed by atoms with van der Waals surface area (Å²) in [5.74, 6) is 0.663. The second-order valence-electron chi connectivity index (χ2n) is 5.86. The van der Waals surface area contributed by atoms with Crippen molar-refractivity contribution in [3.05, 3.63) is 71.2 Å². The molecule has 0 atom stereocenters. The largest absolute Gasteiger partial charge is 0.451 e. The molecule has 0 N–H and O–H groups in total. The quantitative estimate of drug-likeness (QED) is 0.427. The van der Waals surface area contributed by atoms with Gasteiger partial charge in [0.1, 0.15) is 19.1 Å². The number of anilines is 1. The SMILES string of the molecule is CC(=O)c1cccc(N2CN=c3s/c(=C/c4ccc(I)o4)c(=O)n3C2)c1. The van der Waals surface area contributed by atoms with Crippen molar-refractivity contribution >= 4 is 51.5 Å². The Morgan fingerprint density at radius 1 is 1.35 bits per heavy atom. The Morgan fingerprint density at radius 3 is 2.92 bits per heavy atom. The Hall–Kier alpha value is -2.20. The first-order chi connectivity index (χ1) is 12.5. The van der Waals surface area contributed by atoms with Crippen molar-refractivity contribution in [2.24, 2.45) is 4.99 Å². The maximum atomic E-state index is 12.7. The Morgan fingerprint density at radius 2 is 2.19 bits per heavy atom. The Bertz CT molecular complexity index is 1170. The number of furan rings is 1. The molecule has 4 rings (SSSR count). The minimum absolute atomic E-state index is 0.0131. The van der Waals surface area contributed by atoms with Crippen LogP contribution in [0.2, 0.25) is 0 Å². The number of nitrogens with zero attached hydrogens (tertiary/aromatic N) is 3. The molecule has 1 aliphatic heterocycles. The van der Waals surface area contributed by atoms with E-state index < -0.39 is 0 Å². The van der Waals surface area contributed by atoms with Gasteiger partial charge in [0.15, 0.2) is 14.4 Å². The van der Waals surface area contributed by atoms with Crippen molar-refractivity contribution in [1.29, 1.82) is 0 Å². The molecular weight excluding hydrogens is 465 g/mol. The Balaban J connectivity index is 1.70. The maximum absolute atomic E-state index is 12.7. The number of benzene rings is 1. The van der Waals surface area contributed by atoms with E-state index in [1.807, 2.05) is 35.2 Å². The van der Waals surface area contributed by atoms with E-state index in [1.54, 1.807) is 23.6 Å². The van der Waals surface area contributed by atoms with Crippen molar-refractivity contribution in [2.45, 2.75) is 13.6 Å². The van der Waals surface area contributed by atoms with Gasteiger partial charge in [-0.05, 0) is 53.8 Å². The van der Waals surface area contributed by atoms with Gasteiger partial charge in [-0.25, -0.2) is 4.99 Å². The highest BCUT2D eigenvalue weighted by atomic mass is 127. The number of carbonyl (C=O) groups excluding carboxylic acids is 1. The fraction of sp³-hybridized carbons (Fsp3) is 0.167. The zero-order chi connectivity index (χ0) is 18.3. The fourth-order valence-corrected chi connectivity index (χ4v) is 4.11. The molecule has 3 heterocycles. The van der Waals surface area contributed by atoms with Gasteiger partial charge in [-0.2, -0.15) is 0 Å². The van der Waals surface area contributed by atoms with Gasteiger partial charge in [0.05, 0.1) is 4.53 Å². The standard InChI is InChI=1S/C18H14IN3O3S/c1-11(23)12-3-2-4-13(7-12)21-9-20-18-22(10-21)17(24)15(26-18)8-14-5-6-16(19)25-14/h2-8H,9-10H2,1H3/b15-8+. The van der Waals surface area contributed by atoms with Crippen LogP contribution >= 0.6 is 33.9 Å². The molecule has 1 aromatic carbocycles. The van der Waals surface area contributed by atoms with E-state index in [4.69, 9.17) is 4.42 Å². The highest BCUT2D eigenvalue weighted by Gasteiger charge is 2.16. The van der Waals surface area contributed by atoms with Gasteiger partial charge in [-0.3, -0.25) is 14.2 Å². The van der Waals surface area contributed by atoms with E-state index >= 15 is 0 Å². The highest BCUT2D eigenvalue weighted by Crippen LogP contribution is 2.18. The molecule has 0 saturated heterocycles. The molecule has 6 nitrogen and oxygen atoms in total. The number of Topliss-reactive ketones (excluding diaryl/α,β-unsaturated/α-hetero) is 1. The fourth-order valence-electron chi connectivity index (χ4n) is 2.73. The molecule has 0 bridgehead atoms. The number of hydrogen-bond acceptors (Lipinski definition) is 6. The first-order valence-electron chi connectivity index (χ1n) is 7.88. The molecule has 0 aliphatic carbocycles. The van der Waals surface area contributed by atoms with Crippen LogP contribution in [0.1, 0.15) is 23.0 Å². The van der Waals surface area contributed by atoms with Crippen molar-refractivity contribution in [3.63, 3.8) is 0 Å². The molecule has 0 saturated carbocycles. The summed E-state index contributed by atoms with van der Waals surface area (Å²) in [5, 5.41) is 0. The first kappa shape index (κ1) is 17.2. The van der Waals surface area contributed by atoms with Gasteiger partial charge in [-0.1, -0.05) is 23.5 Å². The zero-order valence-electron chi connectivity index (χ0n) is 13.8. The average molecular weight is 479 g/mol. The molecule has 0 unspecified atom stereocenters. The third kappa shape index (κ3) is 3.26. The van der Waals surface area contributed by atoms with Gasteiger partial charge in [-0.15, -0.1) is 0 Å². The summed E-state index contributed by atoms with van der Waals surface area (Å²) in [7, 11) is 0. The van der Waals surface area contributed by atoms with Gasteiger partial charge in [0, 0.05) is 17.3 Å². The number of carbonyl (C=O) groups is 1. The molecule has 0 fully saturated rings. The van der Waals surface area contributed by atoms with Crippen molar-refractivity contribution in [2.75, 3.05) is 11.6 Å². The number of fused-ring (bicyclic) bond motifs is 1. The maximum Gasteiger partial charge on any atom is 0.271 e. The number of ketones is 1. The van der Waals surface area contributed by atoms with Crippen LogP contribution < -0.4 is 19.8 Å². The number of aromatic nitrogens is 1. The van der Waals surface area contributed by atoms with Gasteiger partial charge < -0.3 is 9.32 Å². The molecular formula is C18H14IN3O3S. The molecule has 3 aromatic rings. The molecule has 0 spiro atoms. The van der Waals surface area contributed by atoms with Crippen molar-refractivity contribution in [1.82, 2.24) is 4.57 Å². The lowest BCUT2D eigenvalue weighted by Crippen LogP contribution is -2.42. The van der Waals surface area contributed by atoms with Crippen molar-refractivity contribution < 1.29 is 9.21 Å². The molecule has 1 aliphatic rings. The normalized spacial score (nSPS) is 14.2. The van der Waals surface area contributed by atoms with Gasteiger partial charge in [0.2, 0.25) is 0 Å². The summed E-state index contributed by atoms with van der Waals surface area (Å²) >= 11 is 3.45. The van der Waals surface area contributed by atoms with E-state index in [-0.39, 0.29) is 11.3 Å². The lowest BCUT2D eigenvalue weighted by Gasteiger charge is -2.25. The lowest BCUT2D eigenvalue weighted by molar-refractivity contribution is 0.101. The second kappa shape index (κ2) is 6.84.